The van der Waals surface area contributed by atoms with Crippen molar-refractivity contribution in [3.05, 3.63) is 35.3 Å². The van der Waals surface area contributed by atoms with Crippen LogP contribution in [0.5, 0.6) is 0 Å². The van der Waals surface area contributed by atoms with Crippen molar-refractivity contribution in [2.24, 2.45) is 0 Å². The normalized spacial score (nSPS) is 10.1. The molecule has 2 aromatic rings. The Bertz CT molecular complexity index is 590. The summed E-state index contributed by atoms with van der Waals surface area (Å²) in [7, 11) is 0. The number of carbonyl (C=O) groups is 1. The van der Waals surface area contributed by atoms with Crippen LogP contribution in [0.1, 0.15) is 21.9 Å². The summed E-state index contributed by atoms with van der Waals surface area (Å²) in [4.78, 5) is 15.1. The Hall–Kier alpha value is -2.28. The number of aromatic carboxylic acids is 1. The number of fused-ring (bicyclic) bond motifs is 1. The topological polar surface area (TPSA) is 54.6 Å². The SMILES string of the molecule is C#Cc1nc2cccc(C(=O)O)n2c1C. The van der Waals surface area contributed by atoms with Gasteiger partial charge in [-0.2, -0.15) is 0 Å². The van der Waals surface area contributed by atoms with Gasteiger partial charge >= 0.3 is 5.97 Å². The number of aryl methyl sites for hydroxylation is 1. The molecule has 0 saturated carbocycles. The predicted molar refractivity (Wildman–Crippen MR) is 54.8 cm³/mol. The maximum Gasteiger partial charge on any atom is 0.352 e. The molecule has 0 aliphatic rings. The summed E-state index contributed by atoms with van der Waals surface area (Å²) in [6.07, 6.45) is 5.27. The molecule has 0 radical (unpaired) electrons. The molecule has 0 aliphatic heterocycles. The first-order valence-electron chi connectivity index (χ1n) is 4.33. The molecule has 2 rings (SSSR count). The highest BCUT2D eigenvalue weighted by Gasteiger charge is 2.13. The lowest BCUT2D eigenvalue weighted by Crippen LogP contribution is -2.05. The highest BCUT2D eigenvalue weighted by atomic mass is 16.4. The van der Waals surface area contributed by atoms with Crippen LogP contribution in [0.3, 0.4) is 0 Å². The van der Waals surface area contributed by atoms with Gasteiger partial charge in [0.1, 0.15) is 17.0 Å². The number of pyridine rings is 1. The number of terminal acetylenes is 1. The molecule has 0 unspecified atom stereocenters. The molecule has 0 fully saturated rings. The average molecular weight is 200 g/mol. The summed E-state index contributed by atoms with van der Waals surface area (Å²) in [5, 5.41) is 8.99. The van der Waals surface area contributed by atoms with E-state index in [-0.39, 0.29) is 5.69 Å². The Labute approximate surface area is 86.2 Å². The van der Waals surface area contributed by atoms with Gasteiger partial charge in [-0.15, -0.1) is 6.42 Å². The van der Waals surface area contributed by atoms with Gasteiger partial charge in [-0.3, -0.25) is 4.40 Å². The molecule has 0 saturated heterocycles. The number of hydrogen-bond acceptors (Lipinski definition) is 2. The van der Waals surface area contributed by atoms with Crippen molar-refractivity contribution in [1.82, 2.24) is 9.38 Å². The van der Waals surface area contributed by atoms with Crippen LogP contribution >= 0.6 is 0 Å². The summed E-state index contributed by atoms with van der Waals surface area (Å²) in [6, 6.07) is 4.89. The number of hydrogen-bond donors (Lipinski definition) is 1. The quantitative estimate of drug-likeness (QED) is 0.706. The van der Waals surface area contributed by atoms with Crippen molar-refractivity contribution >= 4 is 11.6 Å². The van der Waals surface area contributed by atoms with Crippen molar-refractivity contribution < 1.29 is 9.90 Å². The second-order valence-corrected chi connectivity index (χ2v) is 3.10. The van der Waals surface area contributed by atoms with Gasteiger partial charge in [0.05, 0.1) is 5.69 Å². The van der Waals surface area contributed by atoms with E-state index in [4.69, 9.17) is 11.5 Å². The zero-order chi connectivity index (χ0) is 11.0. The highest BCUT2D eigenvalue weighted by Crippen LogP contribution is 2.13. The Morgan fingerprint density at radius 2 is 2.33 bits per heavy atom. The number of nitrogens with zero attached hydrogens (tertiary/aromatic N) is 2. The lowest BCUT2D eigenvalue weighted by Gasteiger charge is -2.01. The van der Waals surface area contributed by atoms with Crippen LogP contribution in [0.4, 0.5) is 0 Å². The lowest BCUT2D eigenvalue weighted by molar-refractivity contribution is 0.0688. The first kappa shape index (κ1) is 9.28. The van der Waals surface area contributed by atoms with Crippen molar-refractivity contribution in [2.75, 3.05) is 0 Å². The number of carboxylic acid groups (broad SMARTS) is 1. The third kappa shape index (κ3) is 1.25. The summed E-state index contributed by atoms with van der Waals surface area (Å²) in [5.74, 6) is 1.43. The van der Waals surface area contributed by atoms with Crippen LogP contribution in [0.25, 0.3) is 5.65 Å². The van der Waals surface area contributed by atoms with E-state index in [1.165, 1.54) is 10.5 Å². The third-order valence-corrected chi connectivity index (χ3v) is 2.23. The van der Waals surface area contributed by atoms with E-state index < -0.39 is 5.97 Å². The van der Waals surface area contributed by atoms with Crippen molar-refractivity contribution in [1.29, 1.82) is 0 Å². The zero-order valence-corrected chi connectivity index (χ0v) is 8.06. The van der Waals surface area contributed by atoms with Gasteiger partial charge in [-0.1, -0.05) is 6.07 Å². The van der Waals surface area contributed by atoms with Crippen molar-refractivity contribution in [2.45, 2.75) is 6.92 Å². The molecule has 2 heterocycles. The molecule has 4 nitrogen and oxygen atoms in total. The summed E-state index contributed by atoms with van der Waals surface area (Å²) >= 11 is 0. The Kier molecular flexibility index (Phi) is 1.94. The zero-order valence-electron chi connectivity index (χ0n) is 8.06. The van der Waals surface area contributed by atoms with Crippen LogP contribution in [-0.2, 0) is 0 Å². The largest absolute Gasteiger partial charge is 0.477 e. The van der Waals surface area contributed by atoms with Crippen molar-refractivity contribution in [3.63, 3.8) is 0 Å². The fourth-order valence-corrected chi connectivity index (χ4v) is 1.54. The molecule has 4 heteroatoms. The number of imidazole rings is 1. The van der Waals surface area contributed by atoms with E-state index in [1.807, 2.05) is 0 Å². The lowest BCUT2D eigenvalue weighted by atomic mass is 10.3. The number of carboxylic acids is 1. The summed E-state index contributed by atoms with van der Waals surface area (Å²) in [6.45, 7) is 1.75. The molecule has 1 N–H and O–H groups in total. The summed E-state index contributed by atoms with van der Waals surface area (Å²) in [5.41, 5.74) is 1.87. The molecular formula is C11H8N2O2. The van der Waals surface area contributed by atoms with E-state index >= 15 is 0 Å². The van der Waals surface area contributed by atoms with Gasteiger partial charge in [0.15, 0.2) is 0 Å². The molecule has 0 aromatic carbocycles. The van der Waals surface area contributed by atoms with Gasteiger partial charge in [0.25, 0.3) is 0 Å². The second kappa shape index (κ2) is 3.14. The van der Waals surface area contributed by atoms with E-state index in [0.717, 1.165) is 0 Å². The van der Waals surface area contributed by atoms with E-state index in [0.29, 0.717) is 17.0 Å². The van der Waals surface area contributed by atoms with Crippen molar-refractivity contribution in [3.8, 4) is 12.3 Å². The molecule has 0 atom stereocenters. The fraction of sp³-hybridized carbons (Fsp3) is 0.0909. The molecule has 0 spiro atoms. The Balaban J connectivity index is 2.92. The van der Waals surface area contributed by atoms with Crippen LogP contribution in [0, 0.1) is 19.3 Å². The standard InChI is InChI=1S/C11H8N2O2/c1-3-8-7(2)13-9(11(14)15)5-4-6-10(13)12-8/h1,4-6H,2H3,(H,14,15). The maximum absolute atomic E-state index is 11.0. The fourth-order valence-electron chi connectivity index (χ4n) is 1.54. The molecule has 74 valence electrons. The minimum absolute atomic E-state index is 0.166. The maximum atomic E-state index is 11.0. The number of aromatic nitrogens is 2. The van der Waals surface area contributed by atoms with Gasteiger partial charge in [0, 0.05) is 0 Å². The molecule has 0 aliphatic carbocycles. The molecule has 2 aromatic heterocycles. The van der Waals surface area contributed by atoms with Gasteiger partial charge < -0.3 is 5.11 Å². The monoisotopic (exact) mass is 200 g/mol. The highest BCUT2D eigenvalue weighted by molar-refractivity contribution is 5.86. The molecule has 0 bridgehead atoms. The first-order chi connectivity index (χ1) is 7.15. The minimum Gasteiger partial charge on any atom is -0.477 e. The second-order valence-electron chi connectivity index (χ2n) is 3.10. The minimum atomic E-state index is -0.996. The van der Waals surface area contributed by atoms with Gasteiger partial charge in [-0.25, -0.2) is 9.78 Å². The van der Waals surface area contributed by atoms with E-state index in [1.54, 1.807) is 19.1 Å². The van der Waals surface area contributed by atoms with Crippen LogP contribution in [0.2, 0.25) is 0 Å². The molecule has 15 heavy (non-hydrogen) atoms. The smallest absolute Gasteiger partial charge is 0.352 e. The summed E-state index contributed by atoms with van der Waals surface area (Å²) < 4.78 is 1.54. The molecular weight excluding hydrogens is 192 g/mol. The molecule has 0 amide bonds. The van der Waals surface area contributed by atoms with E-state index in [9.17, 15) is 4.79 Å². The Morgan fingerprint density at radius 3 is 2.93 bits per heavy atom. The van der Waals surface area contributed by atoms with E-state index in [2.05, 4.69) is 10.9 Å². The first-order valence-corrected chi connectivity index (χ1v) is 4.33. The average Bonchev–Trinajstić information content (AvgIpc) is 2.55. The van der Waals surface area contributed by atoms with Crippen LogP contribution in [-0.4, -0.2) is 20.5 Å². The Morgan fingerprint density at radius 1 is 1.60 bits per heavy atom. The van der Waals surface area contributed by atoms with Crippen LogP contribution < -0.4 is 0 Å². The predicted octanol–water partition coefficient (Wildman–Crippen LogP) is 1.32. The van der Waals surface area contributed by atoms with Gasteiger partial charge in [0.2, 0.25) is 0 Å². The number of rotatable bonds is 1. The third-order valence-electron chi connectivity index (χ3n) is 2.23. The van der Waals surface area contributed by atoms with Gasteiger partial charge in [-0.05, 0) is 25.0 Å². The van der Waals surface area contributed by atoms with Crippen LogP contribution in [0.15, 0.2) is 18.2 Å².